The lowest BCUT2D eigenvalue weighted by molar-refractivity contribution is 0.137. The molecule has 2 unspecified atom stereocenters. The Morgan fingerprint density at radius 3 is 3.18 bits per heavy atom. The molecule has 17 heavy (non-hydrogen) atoms. The predicted molar refractivity (Wildman–Crippen MR) is 66.7 cm³/mol. The molecule has 1 fully saturated rings. The van der Waals surface area contributed by atoms with Crippen LogP contribution in [0.2, 0.25) is 0 Å². The van der Waals surface area contributed by atoms with Crippen molar-refractivity contribution in [3.63, 3.8) is 0 Å². The molecule has 0 bridgehead atoms. The Kier molecular flexibility index (Phi) is 2.61. The number of aliphatic hydroxyl groups excluding tert-OH is 1. The van der Waals surface area contributed by atoms with E-state index in [1.165, 1.54) is 0 Å². The second kappa shape index (κ2) is 4.13. The van der Waals surface area contributed by atoms with E-state index in [1.54, 1.807) is 6.33 Å². The van der Waals surface area contributed by atoms with Gasteiger partial charge in [-0.15, -0.1) is 0 Å². The van der Waals surface area contributed by atoms with Crippen LogP contribution in [0.15, 0.2) is 24.5 Å². The topological polar surface area (TPSA) is 50.1 Å². The summed E-state index contributed by atoms with van der Waals surface area (Å²) in [5, 5.41) is 13.6. The van der Waals surface area contributed by atoms with Gasteiger partial charge >= 0.3 is 0 Å². The quantitative estimate of drug-likeness (QED) is 0.820. The average molecular weight is 231 g/mol. The number of hydrogen-bond donors (Lipinski definition) is 2. The first-order valence-electron chi connectivity index (χ1n) is 6.08. The summed E-state index contributed by atoms with van der Waals surface area (Å²) in [4.78, 5) is 4.32. The fourth-order valence-electron chi connectivity index (χ4n) is 2.55. The Labute approximate surface area is 100 Å². The van der Waals surface area contributed by atoms with Gasteiger partial charge in [0, 0.05) is 13.1 Å². The molecule has 2 aromatic rings. The zero-order chi connectivity index (χ0) is 11.8. The van der Waals surface area contributed by atoms with Crippen molar-refractivity contribution in [2.75, 3.05) is 6.54 Å². The normalized spacial score (nSPS) is 22.1. The van der Waals surface area contributed by atoms with E-state index in [2.05, 4.69) is 10.3 Å². The van der Waals surface area contributed by atoms with E-state index in [9.17, 15) is 5.11 Å². The van der Waals surface area contributed by atoms with Gasteiger partial charge in [-0.2, -0.15) is 0 Å². The van der Waals surface area contributed by atoms with Crippen molar-refractivity contribution in [2.45, 2.75) is 25.0 Å². The van der Waals surface area contributed by atoms with E-state index in [-0.39, 0.29) is 6.04 Å². The summed E-state index contributed by atoms with van der Waals surface area (Å²) in [6.07, 6.45) is 3.56. The van der Waals surface area contributed by atoms with Crippen molar-refractivity contribution in [2.24, 2.45) is 7.05 Å². The molecular formula is C13H17N3O. The lowest BCUT2D eigenvalue weighted by atomic mass is 10.0. The van der Waals surface area contributed by atoms with Gasteiger partial charge in [0.1, 0.15) is 0 Å². The Bertz CT molecular complexity index is 528. The van der Waals surface area contributed by atoms with Crippen LogP contribution in [0.5, 0.6) is 0 Å². The number of aromatic nitrogens is 2. The number of nitrogens with zero attached hydrogens (tertiary/aromatic N) is 2. The second-order valence-corrected chi connectivity index (χ2v) is 4.75. The summed E-state index contributed by atoms with van der Waals surface area (Å²) in [5.41, 5.74) is 3.00. The lowest BCUT2D eigenvalue weighted by Gasteiger charge is -2.18. The first-order chi connectivity index (χ1) is 8.25. The number of aliphatic hydroxyl groups is 1. The highest BCUT2D eigenvalue weighted by Gasteiger charge is 2.24. The summed E-state index contributed by atoms with van der Waals surface area (Å²) in [7, 11) is 1.98. The Morgan fingerprint density at radius 2 is 2.41 bits per heavy atom. The molecule has 1 aromatic carbocycles. The smallest absolute Gasteiger partial charge is 0.0955 e. The van der Waals surface area contributed by atoms with E-state index in [1.807, 2.05) is 29.8 Å². The van der Waals surface area contributed by atoms with E-state index in [4.69, 9.17) is 0 Å². The highest BCUT2D eigenvalue weighted by Crippen LogP contribution is 2.25. The van der Waals surface area contributed by atoms with Gasteiger partial charge < -0.3 is 15.0 Å². The minimum absolute atomic E-state index is 0.191. The van der Waals surface area contributed by atoms with Crippen molar-refractivity contribution in [3.8, 4) is 0 Å². The van der Waals surface area contributed by atoms with Gasteiger partial charge in [-0.3, -0.25) is 0 Å². The first kappa shape index (κ1) is 10.7. The van der Waals surface area contributed by atoms with Crippen molar-refractivity contribution in [3.05, 3.63) is 30.1 Å². The van der Waals surface area contributed by atoms with Crippen LogP contribution in [-0.4, -0.2) is 27.2 Å². The zero-order valence-electron chi connectivity index (χ0n) is 9.93. The number of nitrogens with one attached hydrogen (secondary N) is 1. The van der Waals surface area contributed by atoms with Crippen molar-refractivity contribution >= 4 is 11.0 Å². The molecule has 0 amide bonds. The van der Waals surface area contributed by atoms with Crippen molar-refractivity contribution in [1.82, 2.24) is 14.9 Å². The number of fused-ring (bicyclic) bond motifs is 1. The molecule has 0 aliphatic carbocycles. The maximum Gasteiger partial charge on any atom is 0.0955 e. The maximum absolute atomic E-state index is 10.3. The maximum atomic E-state index is 10.3. The van der Waals surface area contributed by atoms with Gasteiger partial charge in [-0.1, -0.05) is 6.07 Å². The van der Waals surface area contributed by atoms with Crippen LogP contribution in [0.25, 0.3) is 11.0 Å². The molecule has 2 atom stereocenters. The summed E-state index contributed by atoms with van der Waals surface area (Å²) in [6.45, 7) is 1.01. The van der Waals surface area contributed by atoms with Crippen molar-refractivity contribution < 1.29 is 5.11 Å². The Morgan fingerprint density at radius 1 is 1.53 bits per heavy atom. The number of benzene rings is 1. The van der Waals surface area contributed by atoms with Crippen LogP contribution < -0.4 is 5.32 Å². The number of rotatable bonds is 2. The molecule has 2 N–H and O–H groups in total. The SMILES string of the molecule is Cn1cnc2cc(C(O)C3CCCN3)ccc21. The molecule has 4 nitrogen and oxygen atoms in total. The minimum atomic E-state index is -0.427. The van der Waals surface area contributed by atoms with E-state index >= 15 is 0 Å². The summed E-state index contributed by atoms with van der Waals surface area (Å²) >= 11 is 0. The van der Waals surface area contributed by atoms with Crippen LogP contribution in [0.3, 0.4) is 0 Å². The average Bonchev–Trinajstić information content (AvgIpc) is 2.98. The third kappa shape index (κ3) is 1.83. The standard InChI is InChI=1S/C13H17N3O/c1-16-8-15-11-7-9(4-5-12(11)16)13(17)10-3-2-6-14-10/h4-5,7-8,10,13-14,17H,2-3,6H2,1H3. The van der Waals surface area contributed by atoms with Gasteiger partial charge in [-0.05, 0) is 37.1 Å². The zero-order valence-corrected chi connectivity index (χ0v) is 9.93. The Balaban J connectivity index is 1.94. The van der Waals surface area contributed by atoms with Gasteiger partial charge in [0.25, 0.3) is 0 Å². The summed E-state index contributed by atoms with van der Waals surface area (Å²) in [6, 6.07) is 6.20. The highest BCUT2D eigenvalue weighted by atomic mass is 16.3. The molecule has 1 aromatic heterocycles. The number of imidazole rings is 1. The largest absolute Gasteiger partial charge is 0.387 e. The molecule has 1 saturated heterocycles. The molecule has 0 saturated carbocycles. The van der Waals surface area contributed by atoms with Gasteiger partial charge in [0.2, 0.25) is 0 Å². The molecule has 4 heteroatoms. The van der Waals surface area contributed by atoms with Gasteiger partial charge in [0.15, 0.2) is 0 Å². The van der Waals surface area contributed by atoms with Crippen LogP contribution in [-0.2, 0) is 7.05 Å². The number of aryl methyl sites for hydroxylation is 1. The van der Waals surface area contributed by atoms with Gasteiger partial charge in [-0.25, -0.2) is 4.98 Å². The summed E-state index contributed by atoms with van der Waals surface area (Å²) in [5.74, 6) is 0. The van der Waals surface area contributed by atoms with Crippen LogP contribution in [0.1, 0.15) is 24.5 Å². The fraction of sp³-hybridized carbons (Fsp3) is 0.462. The van der Waals surface area contributed by atoms with Crippen LogP contribution in [0, 0.1) is 0 Å². The fourth-order valence-corrected chi connectivity index (χ4v) is 2.55. The molecule has 0 radical (unpaired) electrons. The molecule has 1 aliphatic rings. The van der Waals surface area contributed by atoms with E-state index < -0.39 is 6.10 Å². The van der Waals surface area contributed by atoms with Crippen molar-refractivity contribution in [1.29, 1.82) is 0 Å². The first-order valence-corrected chi connectivity index (χ1v) is 6.08. The second-order valence-electron chi connectivity index (χ2n) is 4.75. The van der Waals surface area contributed by atoms with E-state index in [0.717, 1.165) is 36.0 Å². The molecule has 0 spiro atoms. The van der Waals surface area contributed by atoms with Crippen LogP contribution in [0.4, 0.5) is 0 Å². The third-order valence-electron chi connectivity index (χ3n) is 3.57. The summed E-state index contributed by atoms with van der Waals surface area (Å²) < 4.78 is 1.99. The molecular weight excluding hydrogens is 214 g/mol. The predicted octanol–water partition coefficient (Wildman–Crippen LogP) is 1.36. The lowest BCUT2D eigenvalue weighted by Crippen LogP contribution is -2.28. The third-order valence-corrected chi connectivity index (χ3v) is 3.57. The van der Waals surface area contributed by atoms with E-state index in [0.29, 0.717) is 0 Å². The molecule has 2 heterocycles. The number of hydrogen-bond acceptors (Lipinski definition) is 3. The molecule has 3 rings (SSSR count). The van der Waals surface area contributed by atoms with Crippen LogP contribution >= 0.6 is 0 Å². The Hall–Kier alpha value is -1.39. The monoisotopic (exact) mass is 231 g/mol. The molecule has 90 valence electrons. The van der Waals surface area contributed by atoms with Gasteiger partial charge in [0.05, 0.1) is 23.5 Å². The molecule has 1 aliphatic heterocycles. The highest BCUT2D eigenvalue weighted by molar-refractivity contribution is 5.76. The minimum Gasteiger partial charge on any atom is -0.387 e.